The van der Waals surface area contributed by atoms with Crippen molar-refractivity contribution in [1.29, 1.82) is 0 Å². The quantitative estimate of drug-likeness (QED) is 0.872. The Morgan fingerprint density at radius 2 is 2.28 bits per heavy atom. The van der Waals surface area contributed by atoms with Gasteiger partial charge in [-0.1, -0.05) is 23.8 Å². The zero-order valence-corrected chi connectivity index (χ0v) is 11.3. The summed E-state index contributed by atoms with van der Waals surface area (Å²) < 4.78 is 11.2. The lowest BCUT2D eigenvalue weighted by molar-refractivity contribution is 0.0129. The minimum absolute atomic E-state index is 0.0491. The van der Waals surface area contributed by atoms with Gasteiger partial charge in [0.1, 0.15) is 0 Å². The van der Waals surface area contributed by atoms with E-state index in [1.165, 1.54) is 16.7 Å². The van der Waals surface area contributed by atoms with Crippen molar-refractivity contribution in [1.82, 2.24) is 0 Å². The molecule has 1 fully saturated rings. The molecule has 0 saturated carbocycles. The van der Waals surface area contributed by atoms with Crippen LogP contribution >= 0.6 is 0 Å². The Labute approximate surface area is 109 Å². The topological polar surface area (TPSA) is 44.5 Å². The summed E-state index contributed by atoms with van der Waals surface area (Å²) in [6, 6.07) is 6.31. The highest BCUT2D eigenvalue weighted by atomic mass is 16.5. The third-order valence-corrected chi connectivity index (χ3v) is 3.45. The van der Waals surface area contributed by atoms with Crippen molar-refractivity contribution >= 4 is 0 Å². The van der Waals surface area contributed by atoms with Crippen LogP contribution in [-0.4, -0.2) is 25.9 Å². The fourth-order valence-corrected chi connectivity index (χ4v) is 2.43. The van der Waals surface area contributed by atoms with Gasteiger partial charge in [0.2, 0.25) is 0 Å². The lowest BCUT2D eigenvalue weighted by Gasteiger charge is -2.17. The molecule has 1 aliphatic heterocycles. The number of hydrogen-bond donors (Lipinski definition) is 1. The molecule has 2 unspecified atom stereocenters. The third kappa shape index (κ3) is 3.55. The van der Waals surface area contributed by atoms with Gasteiger partial charge in [-0.3, -0.25) is 0 Å². The summed E-state index contributed by atoms with van der Waals surface area (Å²) in [6.45, 7) is 6.29. The molecule has 0 aromatic heterocycles. The number of nitrogens with two attached hydrogens (primary N) is 1. The maximum absolute atomic E-state index is 6.16. The van der Waals surface area contributed by atoms with Gasteiger partial charge in [0.25, 0.3) is 0 Å². The van der Waals surface area contributed by atoms with Crippen LogP contribution in [-0.2, 0) is 9.47 Å². The molecule has 100 valence electrons. The second-order valence-corrected chi connectivity index (χ2v) is 5.14. The molecule has 0 spiro atoms. The predicted molar refractivity (Wildman–Crippen MR) is 72.6 cm³/mol. The van der Waals surface area contributed by atoms with Gasteiger partial charge in [-0.05, 0) is 37.8 Å². The molecule has 2 atom stereocenters. The standard InChI is InChI=1S/C15H23NO2/c1-11-5-6-14(12(2)8-11)15(16)10-17-9-13-4-3-7-18-13/h5-6,8,13,15H,3-4,7,9-10,16H2,1-2H3. The maximum Gasteiger partial charge on any atom is 0.0809 e. The van der Waals surface area contributed by atoms with Gasteiger partial charge in [-0.15, -0.1) is 0 Å². The van der Waals surface area contributed by atoms with E-state index in [4.69, 9.17) is 15.2 Å². The Morgan fingerprint density at radius 1 is 1.44 bits per heavy atom. The first-order chi connectivity index (χ1) is 8.66. The first kappa shape index (κ1) is 13.5. The molecule has 3 heteroatoms. The predicted octanol–water partition coefficient (Wildman–Crippen LogP) is 2.50. The van der Waals surface area contributed by atoms with Crippen molar-refractivity contribution in [2.45, 2.75) is 38.8 Å². The first-order valence-electron chi connectivity index (χ1n) is 6.69. The molecule has 1 aromatic rings. The molecular weight excluding hydrogens is 226 g/mol. The van der Waals surface area contributed by atoms with Crippen molar-refractivity contribution in [2.75, 3.05) is 19.8 Å². The average molecular weight is 249 g/mol. The summed E-state index contributed by atoms with van der Waals surface area (Å²) in [7, 11) is 0. The van der Waals surface area contributed by atoms with Gasteiger partial charge in [0.05, 0.1) is 25.4 Å². The summed E-state index contributed by atoms with van der Waals surface area (Å²) in [4.78, 5) is 0. The van der Waals surface area contributed by atoms with E-state index in [0.717, 1.165) is 19.4 Å². The molecule has 2 rings (SSSR count). The Bertz CT molecular complexity index is 386. The summed E-state index contributed by atoms with van der Waals surface area (Å²) in [5.41, 5.74) is 9.85. The van der Waals surface area contributed by atoms with Crippen LogP contribution in [0.4, 0.5) is 0 Å². The maximum atomic E-state index is 6.16. The van der Waals surface area contributed by atoms with E-state index in [9.17, 15) is 0 Å². The summed E-state index contributed by atoms with van der Waals surface area (Å²) in [5.74, 6) is 0. The first-order valence-corrected chi connectivity index (χ1v) is 6.69. The van der Waals surface area contributed by atoms with Crippen LogP contribution < -0.4 is 5.73 Å². The Kier molecular flexibility index (Phi) is 4.75. The molecule has 0 aliphatic carbocycles. The monoisotopic (exact) mass is 249 g/mol. The minimum Gasteiger partial charge on any atom is -0.377 e. The van der Waals surface area contributed by atoms with Crippen LogP contribution in [0.1, 0.15) is 35.6 Å². The largest absolute Gasteiger partial charge is 0.377 e. The second kappa shape index (κ2) is 6.32. The van der Waals surface area contributed by atoms with Crippen LogP contribution in [0.5, 0.6) is 0 Å². The normalized spacial score (nSPS) is 21.2. The van der Waals surface area contributed by atoms with Gasteiger partial charge in [0, 0.05) is 6.61 Å². The smallest absolute Gasteiger partial charge is 0.0809 e. The average Bonchev–Trinajstić information content (AvgIpc) is 2.81. The molecule has 2 N–H and O–H groups in total. The van der Waals surface area contributed by atoms with E-state index < -0.39 is 0 Å². The highest BCUT2D eigenvalue weighted by Crippen LogP contribution is 2.18. The lowest BCUT2D eigenvalue weighted by Crippen LogP contribution is -2.22. The SMILES string of the molecule is Cc1ccc(C(N)COCC2CCCO2)c(C)c1. The van der Waals surface area contributed by atoms with Crippen molar-refractivity contribution in [2.24, 2.45) is 5.73 Å². The summed E-state index contributed by atoms with van der Waals surface area (Å²) in [5, 5.41) is 0. The van der Waals surface area contributed by atoms with Crippen LogP contribution in [0.3, 0.4) is 0 Å². The summed E-state index contributed by atoms with van der Waals surface area (Å²) in [6.07, 6.45) is 2.53. The van der Waals surface area contributed by atoms with Gasteiger partial charge in [-0.2, -0.15) is 0 Å². The molecule has 1 aliphatic rings. The van der Waals surface area contributed by atoms with Gasteiger partial charge in [0.15, 0.2) is 0 Å². The molecule has 0 radical (unpaired) electrons. The number of hydrogen-bond acceptors (Lipinski definition) is 3. The Morgan fingerprint density at radius 3 is 2.94 bits per heavy atom. The van der Waals surface area contributed by atoms with Crippen molar-refractivity contribution < 1.29 is 9.47 Å². The highest BCUT2D eigenvalue weighted by molar-refractivity contribution is 5.32. The minimum atomic E-state index is -0.0491. The number of rotatable bonds is 5. The molecule has 0 bridgehead atoms. The Balaban J connectivity index is 1.81. The fraction of sp³-hybridized carbons (Fsp3) is 0.600. The van der Waals surface area contributed by atoms with Crippen LogP contribution in [0.15, 0.2) is 18.2 Å². The van der Waals surface area contributed by atoms with Crippen molar-refractivity contribution in [3.63, 3.8) is 0 Å². The zero-order chi connectivity index (χ0) is 13.0. The fourth-order valence-electron chi connectivity index (χ4n) is 2.43. The van der Waals surface area contributed by atoms with Crippen molar-refractivity contribution in [3.05, 3.63) is 34.9 Å². The molecule has 3 nitrogen and oxygen atoms in total. The summed E-state index contributed by atoms with van der Waals surface area (Å²) >= 11 is 0. The molecule has 0 amide bonds. The van der Waals surface area contributed by atoms with E-state index in [0.29, 0.717) is 13.2 Å². The van der Waals surface area contributed by atoms with Gasteiger partial charge in [-0.25, -0.2) is 0 Å². The number of aryl methyl sites for hydroxylation is 2. The lowest BCUT2D eigenvalue weighted by atomic mass is 10.0. The van der Waals surface area contributed by atoms with Gasteiger partial charge < -0.3 is 15.2 Å². The molecule has 1 saturated heterocycles. The number of benzene rings is 1. The van der Waals surface area contributed by atoms with Crippen LogP contribution in [0.25, 0.3) is 0 Å². The third-order valence-electron chi connectivity index (χ3n) is 3.45. The molecule has 1 aromatic carbocycles. The van der Waals surface area contributed by atoms with E-state index in [1.807, 2.05) is 0 Å². The van der Waals surface area contributed by atoms with Gasteiger partial charge >= 0.3 is 0 Å². The van der Waals surface area contributed by atoms with E-state index in [2.05, 4.69) is 32.0 Å². The molecular formula is C15H23NO2. The number of ether oxygens (including phenoxy) is 2. The van der Waals surface area contributed by atoms with E-state index in [1.54, 1.807) is 0 Å². The van der Waals surface area contributed by atoms with E-state index >= 15 is 0 Å². The second-order valence-electron chi connectivity index (χ2n) is 5.14. The van der Waals surface area contributed by atoms with E-state index in [-0.39, 0.29) is 12.1 Å². The van der Waals surface area contributed by atoms with Crippen LogP contribution in [0, 0.1) is 13.8 Å². The molecule has 1 heterocycles. The Hall–Kier alpha value is -0.900. The molecule has 18 heavy (non-hydrogen) atoms. The van der Waals surface area contributed by atoms with Crippen molar-refractivity contribution in [3.8, 4) is 0 Å². The van der Waals surface area contributed by atoms with Crippen LogP contribution in [0.2, 0.25) is 0 Å². The highest BCUT2D eigenvalue weighted by Gasteiger charge is 2.16. The zero-order valence-electron chi connectivity index (χ0n) is 11.3.